The number of nitrogens with one attached hydrogen (secondary N) is 1. The molecule has 0 bridgehead atoms. The van der Waals surface area contributed by atoms with Crippen molar-refractivity contribution in [3.63, 3.8) is 0 Å². The number of hydrogen-bond acceptors (Lipinski definition) is 1. The summed E-state index contributed by atoms with van der Waals surface area (Å²) in [5, 5.41) is 3.32. The summed E-state index contributed by atoms with van der Waals surface area (Å²) in [4.78, 5) is 0. The third-order valence-electron chi connectivity index (χ3n) is 1.83. The Hall–Kier alpha value is -0.980. The molecule has 0 spiro atoms. The molecule has 1 saturated heterocycles. The summed E-state index contributed by atoms with van der Waals surface area (Å²) in [6, 6.07) is 0. The fourth-order valence-corrected chi connectivity index (χ4v) is 1.25. The average molecular weight is 149 g/mol. The smallest absolute Gasteiger partial charge is 0.0330 e. The minimum Gasteiger partial charge on any atom is -0.385 e. The molecule has 0 radical (unpaired) electrons. The summed E-state index contributed by atoms with van der Waals surface area (Å²) in [6.45, 7) is 5.19. The molecule has 0 unspecified atom stereocenters. The van der Waals surface area contributed by atoms with Crippen LogP contribution in [-0.2, 0) is 0 Å². The van der Waals surface area contributed by atoms with E-state index in [9.17, 15) is 0 Å². The Morgan fingerprint density at radius 1 is 1.36 bits per heavy atom. The van der Waals surface area contributed by atoms with Crippen LogP contribution in [0.5, 0.6) is 0 Å². The summed E-state index contributed by atoms with van der Waals surface area (Å²) in [5.74, 6) is 0. The minimum absolute atomic E-state index is 1.09. The van der Waals surface area contributed by atoms with Crippen molar-refractivity contribution in [1.82, 2.24) is 5.32 Å². The van der Waals surface area contributed by atoms with Gasteiger partial charge >= 0.3 is 0 Å². The van der Waals surface area contributed by atoms with Crippen molar-refractivity contribution in [2.24, 2.45) is 0 Å². The van der Waals surface area contributed by atoms with Gasteiger partial charge in [-0.3, -0.25) is 0 Å². The summed E-state index contributed by atoms with van der Waals surface area (Å²) in [7, 11) is 0. The molecule has 1 nitrogen and oxygen atoms in total. The summed E-state index contributed by atoms with van der Waals surface area (Å²) < 4.78 is 0. The van der Waals surface area contributed by atoms with Crippen molar-refractivity contribution in [3.8, 4) is 0 Å². The normalized spacial score (nSPS) is 25.3. The lowest BCUT2D eigenvalue weighted by atomic mass is 10.1. The van der Waals surface area contributed by atoms with Crippen LogP contribution in [0, 0.1) is 0 Å². The van der Waals surface area contributed by atoms with Crippen LogP contribution >= 0.6 is 0 Å². The second-order valence-electron chi connectivity index (χ2n) is 2.60. The van der Waals surface area contributed by atoms with Gasteiger partial charge in [-0.1, -0.05) is 24.3 Å². The lowest BCUT2D eigenvalue weighted by Crippen LogP contribution is -2.02. The van der Waals surface area contributed by atoms with E-state index in [2.05, 4.69) is 36.5 Å². The lowest BCUT2D eigenvalue weighted by Gasteiger charge is -1.96. The Bertz CT molecular complexity index is 209. The highest BCUT2D eigenvalue weighted by Gasteiger charge is 2.09. The molecule has 0 aliphatic carbocycles. The van der Waals surface area contributed by atoms with Crippen LogP contribution < -0.4 is 5.32 Å². The van der Waals surface area contributed by atoms with Crippen molar-refractivity contribution in [2.45, 2.75) is 20.3 Å². The van der Waals surface area contributed by atoms with Gasteiger partial charge in [0.15, 0.2) is 0 Å². The predicted octanol–water partition coefficient (Wildman–Crippen LogP) is 2.39. The standard InChI is InChI=1S/C10H15N/c1-3-5-6-9-7-8-11-10(9)4-2/h3-6,11H,7-8H2,1-2H3/b5-3-,9-6-,10-4+. The topological polar surface area (TPSA) is 12.0 Å². The molecule has 0 aromatic rings. The molecule has 1 N–H and O–H groups in total. The van der Waals surface area contributed by atoms with Crippen LogP contribution in [0.25, 0.3) is 0 Å². The molecule has 1 heterocycles. The Kier molecular flexibility index (Phi) is 2.96. The molecule has 0 aromatic carbocycles. The van der Waals surface area contributed by atoms with Crippen LogP contribution in [0.3, 0.4) is 0 Å². The highest BCUT2D eigenvalue weighted by Crippen LogP contribution is 2.17. The molecule has 11 heavy (non-hydrogen) atoms. The van der Waals surface area contributed by atoms with E-state index in [4.69, 9.17) is 0 Å². The van der Waals surface area contributed by atoms with Crippen molar-refractivity contribution in [3.05, 3.63) is 35.6 Å². The van der Waals surface area contributed by atoms with E-state index in [0.717, 1.165) is 13.0 Å². The van der Waals surface area contributed by atoms with Crippen molar-refractivity contribution >= 4 is 0 Å². The van der Waals surface area contributed by atoms with E-state index in [1.54, 1.807) is 0 Å². The van der Waals surface area contributed by atoms with Gasteiger partial charge < -0.3 is 5.32 Å². The zero-order valence-corrected chi connectivity index (χ0v) is 7.22. The highest BCUT2D eigenvalue weighted by atomic mass is 14.9. The third kappa shape index (κ3) is 1.97. The fraction of sp³-hybridized carbons (Fsp3) is 0.400. The maximum Gasteiger partial charge on any atom is 0.0330 e. The maximum absolute atomic E-state index is 3.32. The van der Waals surface area contributed by atoms with Gasteiger partial charge in [-0.2, -0.15) is 0 Å². The number of allylic oxidation sites excluding steroid dienone is 5. The van der Waals surface area contributed by atoms with Crippen LogP contribution in [0.2, 0.25) is 0 Å². The Balaban J connectivity index is 2.71. The van der Waals surface area contributed by atoms with Crippen molar-refractivity contribution in [1.29, 1.82) is 0 Å². The first-order valence-electron chi connectivity index (χ1n) is 4.11. The molecule has 0 aromatic heterocycles. The van der Waals surface area contributed by atoms with E-state index < -0.39 is 0 Å². The average Bonchev–Trinajstić information content (AvgIpc) is 2.47. The Morgan fingerprint density at radius 2 is 2.18 bits per heavy atom. The summed E-state index contributed by atoms with van der Waals surface area (Å²) in [5.41, 5.74) is 2.72. The number of rotatable bonds is 1. The van der Waals surface area contributed by atoms with E-state index >= 15 is 0 Å². The quantitative estimate of drug-likeness (QED) is 0.603. The molecule has 1 rings (SSSR count). The van der Waals surface area contributed by atoms with Crippen LogP contribution in [-0.4, -0.2) is 6.54 Å². The molecule has 0 saturated carbocycles. The lowest BCUT2D eigenvalue weighted by molar-refractivity contribution is 0.913. The molecule has 1 aliphatic heterocycles. The van der Waals surface area contributed by atoms with Crippen LogP contribution in [0.1, 0.15) is 20.3 Å². The SMILES string of the molecule is C\C=C/C=C1/CCN/C1=C/C. The van der Waals surface area contributed by atoms with Gasteiger partial charge in [-0.25, -0.2) is 0 Å². The molecule has 1 fully saturated rings. The summed E-state index contributed by atoms with van der Waals surface area (Å²) in [6.07, 6.45) is 9.60. The monoisotopic (exact) mass is 149 g/mol. The van der Waals surface area contributed by atoms with Gasteiger partial charge in [0.2, 0.25) is 0 Å². The second-order valence-corrected chi connectivity index (χ2v) is 2.60. The second kappa shape index (κ2) is 4.02. The molecule has 1 heteroatoms. The van der Waals surface area contributed by atoms with Gasteiger partial charge in [-0.05, 0) is 25.8 Å². The molecular weight excluding hydrogens is 134 g/mol. The maximum atomic E-state index is 3.32. The molecule has 60 valence electrons. The van der Waals surface area contributed by atoms with E-state index in [0.29, 0.717) is 0 Å². The molecular formula is C10H15N. The highest BCUT2D eigenvalue weighted by molar-refractivity contribution is 5.35. The van der Waals surface area contributed by atoms with Gasteiger partial charge in [0.1, 0.15) is 0 Å². The van der Waals surface area contributed by atoms with Crippen LogP contribution in [0.15, 0.2) is 35.6 Å². The van der Waals surface area contributed by atoms with Crippen molar-refractivity contribution in [2.75, 3.05) is 6.54 Å². The van der Waals surface area contributed by atoms with E-state index in [1.807, 2.05) is 6.92 Å². The fourth-order valence-electron chi connectivity index (χ4n) is 1.25. The number of hydrogen-bond donors (Lipinski definition) is 1. The van der Waals surface area contributed by atoms with Crippen LogP contribution in [0.4, 0.5) is 0 Å². The molecule has 0 atom stereocenters. The van der Waals surface area contributed by atoms with Gasteiger partial charge in [-0.15, -0.1) is 0 Å². The van der Waals surface area contributed by atoms with Gasteiger partial charge in [0.05, 0.1) is 0 Å². The Morgan fingerprint density at radius 3 is 2.82 bits per heavy atom. The Labute approximate surface area is 68.5 Å². The van der Waals surface area contributed by atoms with Gasteiger partial charge in [0, 0.05) is 12.2 Å². The third-order valence-corrected chi connectivity index (χ3v) is 1.83. The van der Waals surface area contributed by atoms with Gasteiger partial charge in [0.25, 0.3) is 0 Å². The first-order valence-corrected chi connectivity index (χ1v) is 4.11. The zero-order chi connectivity index (χ0) is 8.10. The van der Waals surface area contributed by atoms with E-state index in [1.165, 1.54) is 11.3 Å². The largest absolute Gasteiger partial charge is 0.385 e. The summed E-state index contributed by atoms with van der Waals surface area (Å²) >= 11 is 0. The first kappa shape index (κ1) is 8.12. The van der Waals surface area contributed by atoms with E-state index in [-0.39, 0.29) is 0 Å². The zero-order valence-electron chi connectivity index (χ0n) is 7.22. The first-order chi connectivity index (χ1) is 5.38. The minimum atomic E-state index is 1.09. The predicted molar refractivity (Wildman–Crippen MR) is 49.3 cm³/mol. The molecule has 0 amide bonds. The molecule has 1 aliphatic rings. The van der Waals surface area contributed by atoms with Crippen molar-refractivity contribution < 1.29 is 0 Å².